The largest absolute Gasteiger partial charge is 0.490 e. The molecule has 2 rings (SSSR count). The fourth-order valence-electron chi connectivity index (χ4n) is 2.76. The molecule has 0 aliphatic carbocycles. The predicted octanol–water partition coefficient (Wildman–Crippen LogP) is 2.79. The molecule has 0 saturated carbocycles. The third kappa shape index (κ3) is 5.97. The molecule has 1 aromatic rings. The highest BCUT2D eigenvalue weighted by atomic mass is 35.5. The molecule has 0 spiro atoms. The second-order valence-corrected chi connectivity index (χ2v) is 5.62. The number of hydrogen-bond acceptors (Lipinski definition) is 5. The molecule has 1 amide bonds. The second-order valence-electron chi connectivity index (χ2n) is 5.62. The van der Waals surface area contributed by atoms with E-state index in [4.69, 9.17) is 14.2 Å². The van der Waals surface area contributed by atoms with Crippen LogP contribution in [0.2, 0.25) is 0 Å². The number of rotatable bonds is 8. The Hall–Kier alpha value is -1.66. The first-order chi connectivity index (χ1) is 11.7. The highest BCUT2D eigenvalue weighted by Crippen LogP contribution is 2.39. The van der Waals surface area contributed by atoms with Gasteiger partial charge in [-0.15, -0.1) is 12.4 Å². The van der Waals surface area contributed by atoms with E-state index in [2.05, 4.69) is 10.6 Å². The molecular formula is C18H29ClN2O4. The summed E-state index contributed by atoms with van der Waals surface area (Å²) in [7, 11) is 0. The molecule has 1 atom stereocenters. The summed E-state index contributed by atoms with van der Waals surface area (Å²) in [5.41, 5.74) is 0.524. The molecule has 0 bridgehead atoms. The maximum Gasteiger partial charge on any atom is 0.251 e. The third-order valence-electron chi connectivity index (χ3n) is 3.80. The van der Waals surface area contributed by atoms with E-state index in [-0.39, 0.29) is 24.4 Å². The average molecular weight is 373 g/mol. The van der Waals surface area contributed by atoms with Crippen molar-refractivity contribution in [3.05, 3.63) is 17.7 Å². The van der Waals surface area contributed by atoms with Crippen LogP contribution in [-0.4, -0.2) is 44.9 Å². The molecule has 2 N–H and O–H groups in total. The van der Waals surface area contributed by atoms with Crippen molar-refractivity contribution in [1.29, 1.82) is 0 Å². The van der Waals surface area contributed by atoms with Gasteiger partial charge in [-0.05, 0) is 52.3 Å². The number of amides is 1. The zero-order chi connectivity index (χ0) is 17.4. The average Bonchev–Trinajstić information content (AvgIpc) is 2.58. The van der Waals surface area contributed by atoms with Crippen molar-refractivity contribution in [2.45, 2.75) is 39.7 Å². The van der Waals surface area contributed by atoms with Crippen LogP contribution in [0.3, 0.4) is 0 Å². The Morgan fingerprint density at radius 3 is 2.20 bits per heavy atom. The van der Waals surface area contributed by atoms with Crippen molar-refractivity contribution in [2.75, 3.05) is 32.9 Å². The number of carbonyl (C=O) groups excluding carboxylic acids is 1. The van der Waals surface area contributed by atoms with Crippen molar-refractivity contribution in [3.63, 3.8) is 0 Å². The molecule has 25 heavy (non-hydrogen) atoms. The van der Waals surface area contributed by atoms with E-state index in [1.807, 2.05) is 20.8 Å². The molecule has 1 aliphatic heterocycles. The smallest absolute Gasteiger partial charge is 0.251 e. The number of halogens is 1. The van der Waals surface area contributed by atoms with Gasteiger partial charge in [0.15, 0.2) is 11.5 Å². The Labute approximate surface area is 156 Å². The molecule has 1 fully saturated rings. The molecule has 1 aromatic carbocycles. The van der Waals surface area contributed by atoms with E-state index in [1.165, 1.54) is 0 Å². The van der Waals surface area contributed by atoms with E-state index in [9.17, 15) is 4.79 Å². The van der Waals surface area contributed by atoms with Crippen LogP contribution < -0.4 is 24.8 Å². The van der Waals surface area contributed by atoms with Crippen LogP contribution in [-0.2, 0) is 0 Å². The lowest BCUT2D eigenvalue weighted by Gasteiger charge is -2.24. The summed E-state index contributed by atoms with van der Waals surface area (Å²) in [6.45, 7) is 9.00. The molecular weight excluding hydrogens is 344 g/mol. The zero-order valence-electron chi connectivity index (χ0n) is 15.2. The van der Waals surface area contributed by atoms with Crippen molar-refractivity contribution < 1.29 is 19.0 Å². The van der Waals surface area contributed by atoms with E-state index in [0.717, 1.165) is 25.9 Å². The number of benzene rings is 1. The van der Waals surface area contributed by atoms with Crippen molar-refractivity contribution in [1.82, 2.24) is 10.6 Å². The molecule has 0 aromatic heterocycles. The number of piperidine rings is 1. The van der Waals surface area contributed by atoms with Gasteiger partial charge in [-0.25, -0.2) is 0 Å². The van der Waals surface area contributed by atoms with E-state index in [0.29, 0.717) is 42.6 Å². The van der Waals surface area contributed by atoms with Crippen LogP contribution in [0.15, 0.2) is 12.1 Å². The minimum absolute atomic E-state index is 0. The Balaban J connectivity index is 0.00000312. The first-order valence-electron chi connectivity index (χ1n) is 8.77. The maximum absolute atomic E-state index is 12.6. The topological polar surface area (TPSA) is 68.8 Å². The molecule has 1 heterocycles. The fourth-order valence-corrected chi connectivity index (χ4v) is 2.76. The lowest BCUT2D eigenvalue weighted by Crippen LogP contribution is -2.45. The van der Waals surface area contributed by atoms with Gasteiger partial charge in [-0.1, -0.05) is 0 Å². The van der Waals surface area contributed by atoms with Gasteiger partial charge >= 0.3 is 0 Å². The summed E-state index contributed by atoms with van der Waals surface area (Å²) in [5.74, 6) is 1.51. The first-order valence-corrected chi connectivity index (χ1v) is 8.77. The summed E-state index contributed by atoms with van der Waals surface area (Å²) in [6, 6.07) is 3.61. The first kappa shape index (κ1) is 21.4. The quantitative estimate of drug-likeness (QED) is 0.734. The van der Waals surface area contributed by atoms with Gasteiger partial charge in [0.1, 0.15) is 0 Å². The molecule has 1 aliphatic rings. The lowest BCUT2D eigenvalue weighted by molar-refractivity contribution is 0.0929. The standard InChI is InChI=1S/C18H28N2O4.ClH/c1-4-22-15-10-13(11-16(23-5-2)17(15)24-6-3)18(21)20-14-8-7-9-19-12-14;/h10-11,14,19H,4-9,12H2,1-3H3,(H,20,21);1H. The van der Waals surface area contributed by atoms with Gasteiger partial charge in [-0.2, -0.15) is 0 Å². The van der Waals surface area contributed by atoms with Crippen molar-refractivity contribution >= 4 is 18.3 Å². The SMILES string of the molecule is CCOc1cc(C(=O)NC2CCCNC2)cc(OCC)c1OCC.Cl. The highest BCUT2D eigenvalue weighted by Gasteiger charge is 2.21. The summed E-state index contributed by atoms with van der Waals surface area (Å²) >= 11 is 0. The Morgan fingerprint density at radius 1 is 1.12 bits per heavy atom. The maximum atomic E-state index is 12.6. The van der Waals surface area contributed by atoms with Crippen LogP contribution in [0.4, 0.5) is 0 Å². The molecule has 7 heteroatoms. The normalized spacial score (nSPS) is 16.5. The van der Waals surface area contributed by atoms with Crippen LogP contribution in [0.5, 0.6) is 17.2 Å². The second kappa shape index (κ2) is 11.1. The van der Waals surface area contributed by atoms with Gasteiger partial charge in [0.05, 0.1) is 19.8 Å². The molecule has 0 radical (unpaired) electrons. The highest BCUT2D eigenvalue weighted by molar-refractivity contribution is 5.95. The van der Waals surface area contributed by atoms with Gasteiger partial charge in [0.2, 0.25) is 5.75 Å². The summed E-state index contributed by atoms with van der Waals surface area (Å²) in [4.78, 5) is 12.6. The summed E-state index contributed by atoms with van der Waals surface area (Å²) in [6.07, 6.45) is 2.06. The molecule has 6 nitrogen and oxygen atoms in total. The van der Waals surface area contributed by atoms with Crippen LogP contribution in [0.25, 0.3) is 0 Å². The van der Waals surface area contributed by atoms with E-state index < -0.39 is 0 Å². The van der Waals surface area contributed by atoms with Crippen LogP contribution in [0, 0.1) is 0 Å². The molecule has 1 saturated heterocycles. The van der Waals surface area contributed by atoms with Crippen LogP contribution >= 0.6 is 12.4 Å². The zero-order valence-corrected chi connectivity index (χ0v) is 16.0. The summed E-state index contributed by atoms with van der Waals surface area (Å²) in [5, 5.41) is 6.37. The van der Waals surface area contributed by atoms with Crippen LogP contribution in [0.1, 0.15) is 44.0 Å². The fraction of sp³-hybridized carbons (Fsp3) is 0.611. The lowest BCUT2D eigenvalue weighted by atomic mass is 10.1. The monoisotopic (exact) mass is 372 g/mol. The summed E-state index contributed by atoms with van der Waals surface area (Å²) < 4.78 is 17.0. The number of carbonyl (C=O) groups is 1. The minimum atomic E-state index is -0.117. The predicted molar refractivity (Wildman–Crippen MR) is 101 cm³/mol. The van der Waals surface area contributed by atoms with E-state index >= 15 is 0 Å². The molecule has 142 valence electrons. The number of ether oxygens (including phenoxy) is 3. The minimum Gasteiger partial charge on any atom is -0.490 e. The van der Waals surface area contributed by atoms with Gasteiger partial charge < -0.3 is 24.8 Å². The third-order valence-corrected chi connectivity index (χ3v) is 3.80. The number of hydrogen-bond donors (Lipinski definition) is 2. The van der Waals surface area contributed by atoms with E-state index in [1.54, 1.807) is 12.1 Å². The number of nitrogens with one attached hydrogen (secondary N) is 2. The van der Waals surface area contributed by atoms with Crippen molar-refractivity contribution in [2.24, 2.45) is 0 Å². The van der Waals surface area contributed by atoms with Gasteiger partial charge in [-0.3, -0.25) is 4.79 Å². The Bertz CT molecular complexity index is 521. The molecule has 1 unspecified atom stereocenters. The van der Waals surface area contributed by atoms with Gasteiger partial charge in [0.25, 0.3) is 5.91 Å². The Morgan fingerprint density at radius 2 is 1.72 bits per heavy atom. The Kier molecular flexibility index (Phi) is 9.45. The van der Waals surface area contributed by atoms with Gasteiger partial charge in [0, 0.05) is 18.2 Å². The van der Waals surface area contributed by atoms with Crippen molar-refractivity contribution in [3.8, 4) is 17.2 Å².